The zero-order valence-electron chi connectivity index (χ0n) is 11.4. The summed E-state index contributed by atoms with van der Waals surface area (Å²) in [5.41, 5.74) is 3.32. The van der Waals surface area contributed by atoms with E-state index in [1.165, 1.54) is 5.56 Å². The maximum absolute atomic E-state index is 4.21. The predicted molar refractivity (Wildman–Crippen MR) is 80.4 cm³/mol. The molecule has 0 radical (unpaired) electrons. The molecule has 0 aliphatic rings. The number of nitrogens with zero attached hydrogens (tertiary/aromatic N) is 3. The molecule has 19 heavy (non-hydrogen) atoms. The number of hydrogen-bond donors (Lipinski definition) is 1. The Morgan fingerprint density at radius 3 is 2.89 bits per heavy atom. The fourth-order valence-corrected chi connectivity index (χ4v) is 2.36. The molecular formula is C14H19BrN4. The maximum atomic E-state index is 4.21. The molecule has 1 aromatic carbocycles. The van der Waals surface area contributed by atoms with Crippen LogP contribution in [-0.4, -0.2) is 21.5 Å². The van der Waals surface area contributed by atoms with Crippen LogP contribution < -0.4 is 5.32 Å². The third kappa shape index (κ3) is 3.64. The summed E-state index contributed by atoms with van der Waals surface area (Å²) in [5, 5.41) is 11.7. The quantitative estimate of drug-likeness (QED) is 0.831. The van der Waals surface area contributed by atoms with E-state index in [2.05, 4.69) is 57.5 Å². The first-order valence-corrected chi connectivity index (χ1v) is 7.44. The Morgan fingerprint density at radius 1 is 1.32 bits per heavy atom. The predicted octanol–water partition coefficient (Wildman–Crippen LogP) is 3.09. The van der Waals surface area contributed by atoms with Crippen molar-refractivity contribution in [1.82, 2.24) is 20.3 Å². The average molecular weight is 323 g/mol. The van der Waals surface area contributed by atoms with Crippen LogP contribution in [0.1, 0.15) is 31.5 Å². The minimum Gasteiger partial charge on any atom is -0.311 e. The van der Waals surface area contributed by atoms with Crippen molar-refractivity contribution < 1.29 is 0 Å². The molecule has 1 heterocycles. The number of hydrogen-bond acceptors (Lipinski definition) is 3. The van der Waals surface area contributed by atoms with E-state index >= 15 is 0 Å². The summed E-state index contributed by atoms with van der Waals surface area (Å²) in [6, 6.07) is 6.23. The SMILES string of the molecule is CCCNCc1cn(-c2ccc(Br)cc2CC)nn1. The second kappa shape index (κ2) is 6.82. The van der Waals surface area contributed by atoms with E-state index in [0.29, 0.717) is 0 Å². The first-order valence-electron chi connectivity index (χ1n) is 6.65. The molecule has 0 amide bonds. The fraction of sp³-hybridized carbons (Fsp3) is 0.429. The van der Waals surface area contributed by atoms with Crippen molar-refractivity contribution in [2.24, 2.45) is 0 Å². The van der Waals surface area contributed by atoms with E-state index in [1.54, 1.807) is 0 Å². The molecule has 2 aromatic rings. The van der Waals surface area contributed by atoms with Gasteiger partial charge in [-0.3, -0.25) is 0 Å². The van der Waals surface area contributed by atoms with Gasteiger partial charge in [0, 0.05) is 11.0 Å². The second-order valence-corrected chi connectivity index (χ2v) is 5.37. The Kier molecular flexibility index (Phi) is 5.10. The highest BCUT2D eigenvalue weighted by atomic mass is 79.9. The average Bonchev–Trinajstić information content (AvgIpc) is 2.87. The minimum atomic E-state index is 0.770. The van der Waals surface area contributed by atoms with Gasteiger partial charge in [-0.15, -0.1) is 5.10 Å². The van der Waals surface area contributed by atoms with Crippen LogP contribution in [0.15, 0.2) is 28.9 Å². The molecule has 0 aliphatic carbocycles. The largest absolute Gasteiger partial charge is 0.311 e. The van der Waals surface area contributed by atoms with Crippen LogP contribution in [0.3, 0.4) is 0 Å². The first kappa shape index (κ1) is 14.2. The Hall–Kier alpha value is -1.20. The van der Waals surface area contributed by atoms with Gasteiger partial charge in [-0.05, 0) is 43.1 Å². The van der Waals surface area contributed by atoms with Gasteiger partial charge in [0.05, 0.1) is 17.6 Å². The summed E-state index contributed by atoms with van der Waals surface area (Å²) < 4.78 is 2.95. The van der Waals surface area contributed by atoms with E-state index in [9.17, 15) is 0 Å². The first-order chi connectivity index (χ1) is 9.24. The third-order valence-corrected chi connectivity index (χ3v) is 3.44. The number of nitrogens with one attached hydrogen (secondary N) is 1. The number of rotatable bonds is 6. The molecule has 102 valence electrons. The van der Waals surface area contributed by atoms with Crippen LogP contribution in [0.2, 0.25) is 0 Å². The van der Waals surface area contributed by atoms with Gasteiger partial charge in [0.25, 0.3) is 0 Å². The van der Waals surface area contributed by atoms with Crippen molar-refractivity contribution >= 4 is 15.9 Å². The highest BCUT2D eigenvalue weighted by Gasteiger charge is 2.07. The van der Waals surface area contributed by atoms with Crippen molar-refractivity contribution in [3.63, 3.8) is 0 Å². The van der Waals surface area contributed by atoms with Crippen molar-refractivity contribution in [3.8, 4) is 5.69 Å². The van der Waals surface area contributed by atoms with Gasteiger partial charge in [0.1, 0.15) is 0 Å². The number of benzene rings is 1. The van der Waals surface area contributed by atoms with E-state index in [0.717, 1.165) is 41.8 Å². The molecule has 5 heteroatoms. The Morgan fingerprint density at radius 2 is 2.16 bits per heavy atom. The van der Waals surface area contributed by atoms with E-state index in [4.69, 9.17) is 0 Å². The van der Waals surface area contributed by atoms with Crippen molar-refractivity contribution in [3.05, 3.63) is 40.1 Å². The van der Waals surface area contributed by atoms with Gasteiger partial charge in [-0.2, -0.15) is 0 Å². The number of aromatic nitrogens is 3. The summed E-state index contributed by atoms with van der Waals surface area (Å²) in [6.45, 7) is 6.07. The van der Waals surface area contributed by atoms with E-state index < -0.39 is 0 Å². The van der Waals surface area contributed by atoms with Crippen molar-refractivity contribution in [2.75, 3.05) is 6.54 Å². The Bertz CT molecular complexity index is 536. The normalized spacial score (nSPS) is 10.9. The van der Waals surface area contributed by atoms with E-state index in [1.807, 2.05) is 16.9 Å². The van der Waals surface area contributed by atoms with Crippen LogP contribution in [-0.2, 0) is 13.0 Å². The number of halogens is 1. The zero-order valence-corrected chi connectivity index (χ0v) is 12.9. The van der Waals surface area contributed by atoms with Gasteiger partial charge < -0.3 is 5.32 Å². The molecule has 0 saturated heterocycles. The maximum Gasteiger partial charge on any atom is 0.0969 e. The van der Waals surface area contributed by atoms with Crippen molar-refractivity contribution in [1.29, 1.82) is 0 Å². The van der Waals surface area contributed by atoms with Crippen molar-refractivity contribution in [2.45, 2.75) is 33.2 Å². The monoisotopic (exact) mass is 322 g/mol. The summed E-state index contributed by atoms with van der Waals surface area (Å²) >= 11 is 3.50. The number of aryl methyl sites for hydroxylation is 1. The lowest BCUT2D eigenvalue weighted by Crippen LogP contribution is -2.13. The Labute approximate surface area is 122 Å². The fourth-order valence-electron chi connectivity index (χ4n) is 1.95. The smallest absolute Gasteiger partial charge is 0.0969 e. The molecule has 0 bridgehead atoms. The van der Waals surface area contributed by atoms with E-state index in [-0.39, 0.29) is 0 Å². The molecular weight excluding hydrogens is 304 g/mol. The lowest BCUT2D eigenvalue weighted by atomic mass is 10.1. The van der Waals surface area contributed by atoms with Gasteiger partial charge in [-0.25, -0.2) is 4.68 Å². The molecule has 4 nitrogen and oxygen atoms in total. The molecule has 0 unspecified atom stereocenters. The molecule has 1 aromatic heterocycles. The van der Waals surface area contributed by atoms with Crippen LogP contribution >= 0.6 is 15.9 Å². The molecule has 1 N–H and O–H groups in total. The third-order valence-electron chi connectivity index (χ3n) is 2.94. The molecule has 0 aliphatic heterocycles. The summed E-state index contributed by atoms with van der Waals surface area (Å²) in [6.07, 6.45) is 4.09. The molecule has 0 spiro atoms. The lowest BCUT2D eigenvalue weighted by molar-refractivity contribution is 0.662. The van der Waals surface area contributed by atoms with Crippen LogP contribution in [0.5, 0.6) is 0 Å². The van der Waals surface area contributed by atoms with Crippen LogP contribution in [0.4, 0.5) is 0 Å². The van der Waals surface area contributed by atoms with Gasteiger partial charge >= 0.3 is 0 Å². The zero-order chi connectivity index (χ0) is 13.7. The lowest BCUT2D eigenvalue weighted by Gasteiger charge is -2.07. The van der Waals surface area contributed by atoms with Gasteiger partial charge in [-0.1, -0.05) is 35.0 Å². The summed E-state index contributed by atoms with van der Waals surface area (Å²) in [7, 11) is 0. The standard InChI is InChI=1S/C14H19BrN4/c1-3-7-16-9-13-10-19(18-17-13)14-6-5-12(15)8-11(14)4-2/h5-6,8,10,16H,3-4,7,9H2,1-2H3. The summed E-state index contributed by atoms with van der Waals surface area (Å²) in [5.74, 6) is 0. The minimum absolute atomic E-state index is 0.770. The molecule has 0 saturated carbocycles. The van der Waals surface area contributed by atoms with Gasteiger partial charge in [0.15, 0.2) is 0 Å². The molecule has 0 atom stereocenters. The Balaban J connectivity index is 2.18. The summed E-state index contributed by atoms with van der Waals surface area (Å²) in [4.78, 5) is 0. The van der Waals surface area contributed by atoms with Crippen LogP contribution in [0, 0.1) is 0 Å². The van der Waals surface area contributed by atoms with Gasteiger partial charge in [0.2, 0.25) is 0 Å². The second-order valence-electron chi connectivity index (χ2n) is 4.46. The highest BCUT2D eigenvalue weighted by molar-refractivity contribution is 9.10. The van der Waals surface area contributed by atoms with Crippen LogP contribution in [0.25, 0.3) is 5.69 Å². The highest BCUT2D eigenvalue weighted by Crippen LogP contribution is 2.20. The molecule has 2 rings (SSSR count). The molecule has 0 fully saturated rings. The topological polar surface area (TPSA) is 42.7 Å².